The molecule has 3 nitrogen and oxygen atoms in total. The zero-order valence-corrected chi connectivity index (χ0v) is 14.2. The Balaban J connectivity index is 1.97. The molecule has 1 aromatic carbocycles. The van der Waals surface area contributed by atoms with Gasteiger partial charge >= 0.3 is 5.97 Å². The van der Waals surface area contributed by atoms with Crippen LogP contribution in [0.4, 0.5) is 0 Å². The zero-order chi connectivity index (χ0) is 15.0. The number of cyclic esters (lactones) is 1. The van der Waals surface area contributed by atoms with E-state index in [0.29, 0.717) is 15.6 Å². The van der Waals surface area contributed by atoms with Gasteiger partial charge in [0.05, 0.1) is 10.6 Å². The Morgan fingerprint density at radius 2 is 2.10 bits per heavy atom. The molecule has 106 valence electrons. The predicted molar refractivity (Wildman–Crippen MR) is 89.1 cm³/mol. The number of esters is 1. The third-order valence-electron chi connectivity index (χ3n) is 2.65. The van der Waals surface area contributed by atoms with Crippen LogP contribution >= 0.6 is 50.5 Å². The first-order valence-electron chi connectivity index (χ1n) is 5.75. The summed E-state index contributed by atoms with van der Waals surface area (Å²) in [5.41, 5.74) is 0.774. The normalized spacial score (nSPS) is 16.2. The fourth-order valence-electron chi connectivity index (χ4n) is 1.73. The maximum atomic E-state index is 11.9. The molecule has 0 radical (unpaired) electrons. The van der Waals surface area contributed by atoms with Crippen molar-refractivity contribution in [1.82, 2.24) is 0 Å². The van der Waals surface area contributed by atoms with Crippen molar-refractivity contribution in [1.29, 1.82) is 0 Å². The summed E-state index contributed by atoms with van der Waals surface area (Å²) in [7, 11) is 0. The van der Waals surface area contributed by atoms with Crippen molar-refractivity contribution in [3.8, 4) is 0 Å². The molecule has 0 bridgehead atoms. The van der Waals surface area contributed by atoms with E-state index in [1.54, 1.807) is 24.3 Å². The van der Waals surface area contributed by atoms with Crippen molar-refractivity contribution in [2.24, 2.45) is 4.99 Å². The lowest BCUT2D eigenvalue weighted by atomic mass is 10.2. The lowest BCUT2D eigenvalue weighted by molar-refractivity contribution is -0.129. The van der Waals surface area contributed by atoms with Crippen LogP contribution in [-0.2, 0) is 9.53 Å². The molecule has 0 saturated carbocycles. The maximum absolute atomic E-state index is 11.9. The number of thiophene rings is 1. The fraction of sp³-hybridized carbons (Fsp3) is 0. The predicted octanol–water partition coefficient (Wildman–Crippen LogP) is 5.16. The molecule has 0 atom stereocenters. The number of carbonyl (C=O) groups is 1. The van der Waals surface area contributed by atoms with Gasteiger partial charge in [-0.05, 0) is 46.3 Å². The number of halogens is 3. The minimum absolute atomic E-state index is 0.184. The molecular formula is C14H6BrCl2NO2S. The second-order valence-corrected chi connectivity index (χ2v) is 6.83. The van der Waals surface area contributed by atoms with E-state index in [-0.39, 0.29) is 11.6 Å². The van der Waals surface area contributed by atoms with Crippen LogP contribution in [0.25, 0.3) is 6.08 Å². The van der Waals surface area contributed by atoms with Crippen LogP contribution in [0.1, 0.15) is 10.4 Å². The molecule has 1 aromatic heterocycles. The molecule has 0 aliphatic carbocycles. The number of carbonyl (C=O) groups excluding carboxylic acids is 1. The van der Waals surface area contributed by atoms with Gasteiger partial charge in [-0.2, -0.15) is 0 Å². The summed E-state index contributed by atoms with van der Waals surface area (Å²) in [6, 6.07) is 6.80. The molecule has 21 heavy (non-hydrogen) atoms. The summed E-state index contributed by atoms with van der Waals surface area (Å²) in [4.78, 5) is 17.0. The van der Waals surface area contributed by atoms with Crippen LogP contribution in [0.15, 0.2) is 44.8 Å². The lowest BCUT2D eigenvalue weighted by Crippen LogP contribution is -2.05. The Morgan fingerprint density at radius 1 is 1.29 bits per heavy atom. The molecule has 0 spiro atoms. The van der Waals surface area contributed by atoms with E-state index in [1.165, 1.54) is 11.3 Å². The molecule has 0 unspecified atom stereocenters. The lowest BCUT2D eigenvalue weighted by Gasteiger charge is -2.02. The minimum Gasteiger partial charge on any atom is -0.402 e. The SMILES string of the molecule is O=C1OC(c2ccc(Cl)cc2Cl)=NC1=Cc1cc(Br)cs1. The highest BCUT2D eigenvalue weighted by atomic mass is 79.9. The van der Waals surface area contributed by atoms with Crippen LogP contribution in [0.2, 0.25) is 10.0 Å². The van der Waals surface area contributed by atoms with Crippen LogP contribution in [0.3, 0.4) is 0 Å². The molecule has 0 saturated heterocycles. The van der Waals surface area contributed by atoms with Crippen molar-refractivity contribution in [3.05, 3.63) is 60.3 Å². The molecule has 0 amide bonds. The van der Waals surface area contributed by atoms with E-state index in [4.69, 9.17) is 27.9 Å². The Labute approximate surface area is 143 Å². The number of rotatable bonds is 2. The average molecular weight is 403 g/mol. The van der Waals surface area contributed by atoms with E-state index >= 15 is 0 Å². The van der Waals surface area contributed by atoms with E-state index < -0.39 is 5.97 Å². The smallest absolute Gasteiger partial charge is 0.363 e. The van der Waals surface area contributed by atoms with E-state index in [2.05, 4.69) is 20.9 Å². The maximum Gasteiger partial charge on any atom is 0.363 e. The van der Waals surface area contributed by atoms with Gasteiger partial charge in [-0.3, -0.25) is 0 Å². The fourth-order valence-corrected chi connectivity index (χ4v) is 3.59. The first kappa shape index (κ1) is 14.8. The summed E-state index contributed by atoms with van der Waals surface area (Å²) in [6.07, 6.45) is 1.68. The quantitative estimate of drug-likeness (QED) is 0.513. The van der Waals surface area contributed by atoms with Crippen molar-refractivity contribution in [2.75, 3.05) is 0 Å². The van der Waals surface area contributed by atoms with Crippen molar-refractivity contribution in [3.63, 3.8) is 0 Å². The van der Waals surface area contributed by atoms with Crippen LogP contribution in [0.5, 0.6) is 0 Å². The average Bonchev–Trinajstić information content (AvgIpc) is 2.97. The molecule has 0 N–H and O–H groups in total. The van der Waals surface area contributed by atoms with Gasteiger partial charge in [0.25, 0.3) is 0 Å². The second-order valence-electron chi connectivity index (χ2n) is 4.13. The van der Waals surface area contributed by atoms with E-state index in [0.717, 1.165) is 9.35 Å². The van der Waals surface area contributed by atoms with Crippen LogP contribution < -0.4 is 0 Å². The summed E-state index contributed by atoms with van der Waals surface area (Å²) in [5.74, 6) is -0.316. The van der Waals surface area contributed by atoms with Crippen molar-refractivity contribution >= 4 is 68.4 Å². The molecule has 7 heteroatoms. The largest absolute Gasteiger partial charge is 0.402 e. The second kappa shape index (κ2) is 5.93. The van der Waals surface area contributed by atoms with Gasteiger partial charge in [0.1, 0.15) is 0 Å². The standard InChI is InChI=1S/C14H6BrCl2NO2S/c15-7-3-9(21-6-7)5-12-14(19)20-13(18-12)10-2-1-8(16)4-11(10)17/h1-6H. The molecule has 3 rings (SSSR count). The number of hydrogen-bond acceptors (Lipinski definition) is 4. The van der Waals surface area contributed by atoms with Gasteiger partial charge in [0.2, 0.25) is 5.90 Å². The Kier molecular flexibility index (Phi) is 4.17. The van der Waals surface area contributed by atoms with Gasteiger partial charge in [-0.25, -0.2) is 9.79 Å². The summed E-state index contributed by atoms with van der Waals surface area (Å²) < 4.78 is 6.12. The van der Waals surface area contributed by atoms with Gasteiger partial charge in [0, 0.05) is 19.8 Å². The van der Waals surface area contributed by atoms with E-state index in [1.807, 2.05) is 11.4 Å². The molecule has 1 aliphatic heterocycles. The molecule has 2 aromatic rings. The Hall–Kier alpha value is -1.14. The molecule has 1 aliphatic rings. The topological polar surface area (TPSA) is 38.7 Å². The number of nitrogens with zero attached hydrogens (tertiary/aromatic N) is 1. The summed E-state index contributed by atoms with van der Waals surface area (Å²) >= 11 is 16.8. The Bertz CT molecular complexity index is 798. The Morgan fingerprint density at radius 3 is 2.76 bits per heavy atom. The third-order valence-corrected chi connectivity index (χ3v) is 4.84. The van der Waals surface area contributed by atoms with Gasteiger partial charge in [-0.15, -0.1) is 11.3 Å². The van der Waals surface area contributed by atoms with Gasteiger partial charge in [0.15, 0.2) is 5.70 Å². The van der Waals surface area contributed by atoms with Crippen LogP contribution in [-0.4, -0.2) is 11.9 Å². The molecule has 2 heterocycles. The van der Waals surface area contributed by atoms with E-state index in [9.17, 15) is 4.79 Å². The third kappa shape index (κ3) is 3.21. The molecule has 0 fully saturated rings. The molecular weight excluding hydrogens is 397 g/mol. The monoisotopic (exact) mass is 401 g/mol. The highest BCUT2D eigenvalue weighted by Gasteiger charge is 2.25. The van der Waals surface area contributed by atoms with Gasteiger partial charge in [-0.1, -0.05) is 23.2 Å². The van der Waals surface area contributed by atoms with Gasteiger partial charge < -0.3 is 4.74 Å². The zero-order valence-electron chi connectivity index (χ0n) is 10.3. The highest BCUT2D eigenvalue weighted by molar-refractivity contribution is 9.10. The summed E-state index contributed by atoms with van der Waals surface area (Å²) in [6.45, 7) is 0. The first-order valence-corrected chi connectivity index (χ1v) is 8.18. The van der Waals surface area contributed by atoms with Crippen molar-refractivity contribution < 1.29 is 9.53 Å². The number of benzene rings is 1. The number of ether oxygens (including phenoxy) is 1. The first-order chi connectivity index (χ1) is 10.0. The number of aliphatic imine (C=N–C) groups is 1. The highest BCUT2D eigenvalue weighted by Crippen LogP contribution is 2.28. The van der Waals surface area contributed by atoms with Crippen molar-refractivity contribution in [2.45, 2.75) is 0 Å². The van der Waals surface area contributed by atoms with Crippen LogP contribution in [0, 0.1) is 0 Å². The minimum atomic E-state index is -0.500. The summed E-state index contributed by atoms with van der Waals surface area (Å²) in [5, 5.41) is 2.81. The number of hydrogen-bond donors (Lipinski definition) is 0.